The van der Waals surface area contributed by atoms with Crippen LogP contribution < -0.4 is 15.0 Å². The number of nitrogens with zero attached hydrogens (tertiary/aromatic N) is 4. The molecule has 1 saturated heterocycles. The summed E-state index contributed by atoms with van der Waals surface area (Å²) in [7, 11) is 0. The average Bonchev–Trinajstić information content (AvgIpc) is 3.50. The van der Waals surface area contributed by atoms with E-state index in [2.05, 4.69) is 25.2 Å². The smallest absolute Gasteiger partial charge is 0.416 e. The van der Waals surface area contributed by atoms with Gasteiger partial charge in [0.25, 0.3) is 0 Å². The van der Waals surface area contributed by atoms with Crippen molar-refractivity contribution in [3.63, 3.8) is 0 Å². The van der Waals surface area contributed by atoms with Crippen molar-refractivity contribution in [2.45, 2.75) is 20.2 Å². The number of nitrogens with one attached hydrogen (secondary N) is 1. The number of thioether (sulfide) groups is 1. The lowest BCUT2D eigenvalue weighted by Gasteiger charge is -2.17. The van der Waals surface area contributed by atoms with E-state index in [4.69, 9.17) is 4.42 Å². The lowest BCUT2D eigenvalue weighted by atomic mass is 10.1. The molecule has 4 aromatic rings. The normalized spacial score (nSPS) is 14.6. The highest BCUT2D eigenvalue weighted by molar-refractivity contribution is 8.15. The predicted molar refractivity (Wildman–Crippen MR) is 144 cm³/mol. The van der Waals surface area contributed by atoms with E-state index in [0.717, 1.165) is 23.3 Å². The fourth-order valence-corrected chi connectivity index (χ4v) is 4.83. The summed E-state index contributed by atoms with van der Waals surface area (Å²) in [5, 5.41) is 10.9. The van der Waals surface area contributed by atoms with Gasteiger partial charge in [0, 0.05) is 16.8 Å². The Kier molecular flexibility index (Phi) is 7.30. The Morgan fingerprint density at radius 3 is 2.12 bits per heavy atom. The number of rotatable bonds is 5. The highest BCUT2D eigenvalue weighted by Gasteiger charge is 2.31. The van der Waals surface area contributed by atoms with Crippen LogP contribution in [-0.4, -0.2) is 39.4 Å². The first-order chi connectivity index (χ1) is 19.0. The summed E-state index contributed by atoms with van der Waals surface area (Å²) in [4.78, 5) is 30.7. The first kappa shape index (κ1) is 26.9. The Bertz CT molecular complexity index is 1580. The number of urea groups is 1. The van der Waals surface area contributed by atoms with Crippen molar-refractivity contribution in [2.75, 3.05) is 16.0 Å². The summed E-state index contributed by atoms with van der Waals surface area (Å²) < 4.78 is 46.6. The van der Waals surface area contributed by atoms with Gasteiger partial charge in [0.05, 0.1) is 11.4 Å². The SMILES string of the molecule is Cc1cc(C)cc(N2C(=O)CS/C2=N\C(=O)Nc2ccc(-c3nnc(-c4ccc(OC(F)(F)F)cc4)o3)cc2)c1. The first-order valence-corrected chi connectivity index (χ1v) is 12.8. The fraction of sp³-hybridized carbons (Fsp3) is 0.148. The zero-order chi connectivity index (χ0) is 28.4. The summed E-state index contributed by atoms with van der Waals surface area (Å²) >= 11 is 1.19. The van der Waals surface area contributed by atoms with E-state index in [9.17, 15) is 22.8 Å². The van der Waals surface area contributed by atoms with E-state index < -0.39 is 12.4 Å². The molecule has 0 spiro atoms. The number of hydrogen-bond donors (Lipinski definition) is 1. The van der Waals surface area contributed by atoms with Gasteiger partial charge in [-0.3, -0.25) is 9.69 Å². The van der Waals surface area contributed by atoms with Crippen LogP contribution in [0.3, 0.4) is 0 Å². The van der Waals surface area contributed by atoms with Gasteiger partial charge in [-0.05, 0) is 85.6 Å². The molecule has 5 rings (SSSR count). The number of ether oxygens (including phenoxy) is 1. The lowest BCUT2D eigenvalue weighted by Crippen LogP contribution is -2.30. The fourth-order valence-electron chi connectivity index (χ4n) is 3.97. The second-order valence-electron chi connectivity index (χ2n) is 8.75. The molecular weight excluding hydrogens is 547 g/mol. The van der Waals surface area contributed by atoms with Crippen LogP contribution in [0.4, 0.5) is 29.3 Å². The van der Waals surface area contributed by atoms with Gasteiger partial charge >= 0.3 is 12.4 Å². The molecule has 13 heteroatoms. The van der Waals surface area contributed by atoms with E-state index in [1.54, 1.807) is 24.3 Å². The number of amides is 3. The van der Waals surface area contributed by atoms with Gasteiger partial charge in [0.15, 0.2) is 5.17 Å². The van der Waals surface area contributed by atoms with Crippen LogP contribution in [0.25, 0.3) is 22.9 Å². The number of aliphatic imine (C=N–C) groups is 1. The molecule has 1 aromatic heterocycles. The largest absolute Gasteiger partial charge is 0.573 e. The number of amidine groups is 1. The Morgan fingerprint density at radius 2 is 1.55 bits per heavy atom. The molecule has 3 amide bonds. The van der Waals surface area contributed by atoms with Crippen molar-refractivity contribution in [2.24, 2.45) is 4.99 Å². The minimum atomic E-state index is -4.78. The number of carbonyl (C=O) groups excluding carboxylic acids is 2. The van der Waals surface area contributed by atoms with Gasteiger partial charge in [-0.2, -0.15) is 4.99 Å². The number of alkyl halides is 3. The van der Waals surface area contributed by atoms with Crippen molar-refractivity contribution >= 4 is 40.2 Å². The molecule has 3 aromatic carbocycles. The maximum absolute atomic E-state index is 12.6. The molecule has 40 heavy (non-hydrogen) atoms. The molecule has 0 atom stereocenters. The van der Waals surface area contributed by atoms with Crippen LogP contribution in [-0.2, 0) is 4.79 Å². The Balaban J connectivity index is 1.25. The molecule has 9 nitrogen and oxygen atoms in total. The van der Waals surface area contributed by atoms with Gasteiger partial charge in [0.1, 0.15) is 5.75 Å². The quantitative estimate of drug-likeness (QED) is 0.290. The molecule has 0 bridgehead atoms. The highest BCUT2D eigenvalue weighted by Crippen LogP contribution is 2.30. The van der Waals surface area contributed by atoms with Crippen LogP contribution in [0.2, 0.25) is 0 Å². The van der Waals surface area contributed by atoms with Crippen LogP contribution >= 0.6 is 11.8 Å². The number of aryl methyl sites for hydroxylation is 2. The van der Waals surface area contributed by atoms with E-state index in [-0.39, 0.29) is 29.2 Å². The second kappa shape index (κ2) is 10.8. The average molecular weight is 568 g/mol. The zero-order valence-electron chi connectivity index (χ0n) is 21.0. The minimum absolute atomic E-state index is 0.110. The van der Waals surface area contributed by atoms with E-state index in [0.29, 0.717) is 27.7 Å². The third-order valence-corrected chi connectivity index (χ3v) is 6.49. The molecule has 0 unspecified atom stereocenters. The molecule has 1 aliphatic heterocycles. The Morgan fingerprint density at radius 1 is 0.975 bits per heavy atom. The summed E-state index contributed by atoms with van der Waals surface area (Å²) in [6.07, 6.45) is -4.78. The van der Waals surface area contributed by atoms with Crippen molar-refractivity contribution in [3.8, 4) is 28.7 Å². The molecule has 0 aliphatic carbocycles. The first-order valence-electron chi connectivity index (χ1n) is 11.8. The van der Waals surface area contributed by atoms with Crippen molar-refractivity contribution < 1.29 is 31.9 Å². The predicted octanol–water partition coefficient (Wildman–Crippen LogP) is 6.59. The van der Waals surface area contributed by atoms with Gasteiger partial charge in [-0.15, -0.1) is 23.4 Å². The van der Waals surface area contributed by atoms with Crippen molar-refractivity contribution in [1.29, 1.82) is 0 Å². The standard InChI is InChI=1S/C27H20F3N5O4S/c1-15-11-16(2)13-20(12-15)35-22(36)14-40-26(35)32-25(37)31-19-7-3-17(4-8-19)23-33-34-24(38-23)18-5-9-21(10-6-18)39-27(28,29)30/h3-13H,14H2,1-2H3,(H,31,37)/b32-26-. The maximum atomic E-state index is 12.6. The number of halogens is 3. The molecule has 1 aliphatic rings. The lowest BCUT2D eigenvalue weighted by molar-refractivity contribution is -0.274. The van der Waals surface area contributed by atoms with Crippen LogP contribution in [0.5, 0.6) is 5.75 Å². The number of aromatic nitrogens is 2. The number of benzene rings is 3. The molecule has 2 heterocycles. The topological polar surface area (TPSA) is 110 Å². The van der Waals surface area contributed by atoms with Gasteiger partial charge in [-0.1, -0.05) is 17.8 Å². The van der Waals surface area contributed by atoms with Gasteiger partial charge in [0.2, 0.25) is 17.7 Å². The van der Waals surface area contributed by atoms with Crippen LogP contribution in [0.15, 0.2) is 76.1 Å². The van der Waals surface area contributed by atoms with Crippen LogP contribution in [0, 0.1) is 13.8 Å². The van der Waals surface area contributed by atoms with E-state index in [1.807, 2.05) is 32.0 Å². The van der Waals surface area contributed by atoms with Crippen molar-refractivity contribution in [1.82, 2.24) is 10.2 Å². The molecule has 0 saturated carbocycles. The van der Waals surface area contributed by atoms with Gasteiger partial charge in [-0.25, -0.2) is 4.79 Å². The minimum Gasteiger partial charge on any atom is -0.416 e. The molecule has 0 radical (unpaired) electrons. The Hall–Kier alpha value is -4.65. The van der Waals surface area contributed by atoms with E-state index in [1.165, 1.54) is 28.8 Å². The van der Waals surface area contributed by atoms with Crippen molar-refractivity contribution in [3.05, 3.63) is 77.9 Å². The molecule has 1 N–H and O–H groups in total. The third kappa shape index (κ3) is 6.31. The van der Waals surface area contributed by atoms with Gasteiger partial charge < -0.3 is 14.5 Å². The summed E-state index contributed by atoms with van der Waals surface area (Å²) in [5.74, 6) is -0.0523. The van der Waals surface area contributed by atoms with E-state index >= 15 is 0 Å². The zero-order valence-corrected chi connectivity index (χ0v) is 21.8. The number of hydrogen-bond acceptors (Lipinski definition) is 7. The number of anilines is 2. The second-order valence-corrected chi connectivity index (χ2v) is 9.69. The molecular formula is C27H20F3N5O4S. The monoisotopic (exact) mass is 567 g/mol. The summed E-state index contributed by atoms with van der Waals surface area (Å²) in [5.41, 5.74) is 4.06. The Labute approximate surface area is 230 Å². The summed E-state index contributed by atoms with van der Waals surface area (Å²) in [6, 6.07) is 16.7. The molecule has 204 valence electrons. The third-order valence-electron chi connectivity index (χ3n) is 5.57. The number of carbonyl (C=O) groups is 2. The van der Waals surface area contributed by atoms with Crippen LogP contribution in [0.1, 0.15) is 11.1 Å². The summed E-state index contributed by atoms with van der Waals surface area (Å²) in [6.45, 7) is 3.86. The maximum Gasteiger partial charge on any atom is 0.573 e. The highest BCUT2D eigenvalue weighted by atomic mass is 32.2. The molecule has 1 fully saturated rings.